The lowest BCUT2D eigenvalue weighted by atomic mass is 10.1. The molecular weight excluding hydrogens is 286 g/mol. The van der Waals surface area contributed by atoms with Gasteiger partial charge in [-0.05, 0) is 36.3 Å². The summed E-state index contributed by atoms with van der Waals surface area (Å²) in [6.45, 7) is 2.06. The monoisotopic (exact) mass is 301 g/mol. The number of hydrogen-bond donors (Lipinski definition) is 2. The molecule has 21 heavy (non-hydrogen) atoms. The molecule has 2 N–H and O–H groups in total. The van der Waals surface area contributed by atoms with Crippen LogP contribution in [-0.2, 0) is 11.2 Å². The van der Waals surface area contributed by atoms with Crippen molar-refractivity contribution in [1.29, 1.82) is 0 Å². The number of carbonyl (C=O) groups excluding carboxylic acids is 1. The molecule has 0 unspecified atom stereocenters. The number of aliphatic carboxylic acids is 1. The summed E-state index contributed by atoms with van der Waals surface area (Å²) in [5.74, 6) is -1.21. The molecule has 2 rings (SSSR count). The Balaban J connectivity index is 2.08. The number of anilines is 1. The maximum absolute atomic E-state index is 12.1. The number of thiophene rings is 1. The first kappa shape index (κ1) is 15.0. The summed E-state index contributed by atoms with van der Waals surface area (Å²) in [6.07, 6.45) is 3.44. The van der Waals surface area contributed by atoms with Gasteiger partial charge in [0.2, 0.25) is 0 Å². The molecule has 108 valence electrons. The maximum atomic E-state index is 12.1. The Labute approximate surface area is 126 Å². The Bertz CT molecular complexity index is 688. The van der Waals surface area contributed by atoms with Gasteiger partial charge in [0.1, 0.15) is 0 Å². The van der Waals surface area contributed by atoms with Crippen LogP contribution in [0, 0.1) is 0 Å². The Kier molecular flexibility index (Phi) is 4.90. The van der Waals surface area contributed by atoms with Gasteiger partial charge in [-0.15, -0.1) is 11.3 Å². The molecule has 0 radical (unpaired) electrons. The van der Waals surface area contributed by atoms with Gasteiger partial charge < -0.3 is 10.4 Å². The standard InChI is InChI=1S/C16H15NO3S/c1-2-11-4-3-5-13(8-11)17-16(20)12-9-14(21-10-12)6-7-15(18)19/h3-10H,2H2,1H3,(H,17,20)(H,18,19). The van der Waals surface area contributed by atoms with Gasteiger partial charge in [0.25, 0.3) is 5.91 Å². The fourth-order valence-corrected chi connectivity index (χ4v) is 2.56. The third-order valence-electron chi connectivity index (χ3n) is 2.87. The van der Waals surface area contributed by atoms with E-state index in [0.717, 1.165) is 28.6 Å². The van der Waals surface area contributed by atoms with Gasteiger partial charge in [0.15, 0.2) is 0 Å². The molecule has 0 aliphatic rings. The molecule has 1 aromatic heterocycles. The van der Waals surface area contributed by atoms with Crippen molar-refractivity contribution in [3.05, 3.63) is 57.8 Å². The van der Waals surface area contributed by atoms with E-state index >= 15 is 0 Å². The number of hydrogen-bond acceptors (Lipinski definition) is 3. The van der Waals surface area contributed by atoms with Crippen molar-refractivity contribution in [2.45, 2.75) is 13.3 Å². The fraction of sp³-hybridized carbons (Fsp3) is 0.125. The molecule has 0 saturated carbocycles. The zero-order valence-electron chi connectivity index (χ0n) is 11.5. The van der Waals surface area contributed by atoms with Crippen LogP contribution in [0.4, 0.5) is 5.69 Å². The molecule has 0 bridgehead atoms. The highest BCUT2D eigenvalue weighted by atomic mass is 32.1. The number of amides is 1. The quantitative estimate of drug-likeness (QED) is 0.828. The number of carboxylic acids is 1. The van der Waals surface area contributed by atoms with E-state index in [-0.39, 0.29) is 5.91 Å². The normalized spacial score (nSPS) is 10.7. The third kappa shape index (κ3) is 4.29. The predicted molar refractivity (Wildman–Crippen MR) is 84.8 cm³/mol. The zero-order chi connectivity index (χ0) is 15.2. The van der Waals surface area contributed by atoms with Crippen LogP contribution < -0.4 is 5.32 Å². The summed E-state index contributed by atoms with van der Waals surface area (Å²) in [5.41, 5.74) is 2.43. The topological polar surface area (TPSA) is 66.4 Å². The van der Waals surface area contributed by atoms with E-state index in [1.165, 1.54) is 17.4 Å². The van der Waals surface area contributed by atoms with E-state index in [9.17, 15) is 9.59 Å². The summed E-state index contributed by atoms with van der Waals surface area (Å²) in [4.78, 5) is 23.3. The van der Waals surface area contributed by atoms with Gasteiger partial charge >= 0.3 is 5.97 Å². The van der Waals surface area contributed by atoms with Crippen molar-refractivity contribution in [3.8, 4) is 0 Å². The van der Waals surface area contributed by atoms with E-state index < -0.39 is 5.97 Å². The van der Waals surface area contributed by atoms with E-state index in [0.29, 0.717) is 5.56 Å². The van der Waals surface area contributed by atoms with Gasteiger partial charge in [0, 0.05) is 22.0 Å². The minimum Gasteiger partial charge on any atom is -0.478 e. The van der Waals surface area contributed by atoms with Gasteiger partial charge in [0.05, 0.1) is 5.56 Å². The molecule has 0 fully saturated rings. The molecular formula is C16H15NO3S. The Morgan fingerprint density at radius 1 is 1.33 bits per heavy atom. The van der Waals surface area contributed by atoms with Crippen molar-refractivity contribution < 1.29 is 14.7 Å². The summed E-state index contributed by atoms with van der Waals surface area (Å²) < 4.78 is 0. The number of carboxylic acid groups (broad SMARTS) is 1. The lowest BCUT2D eigenvalue weighted by molar-refractivity contribution is -0.131. The molecule has 0 aliphatic carbocycles. The van der Waals surface area contributed by atoms with Crippen LogP contribution >= 0.6 is 11.3 Å². The molecule has 2 aromatic rings. The average molecular weight is 301 g/mol. The fourth-order valence-electron chi connectivity index (χ4n) is 1.78. The first-order valence-corrected chi connectivity index (χ1v) is 7.36. The van der Waals surface area contributed by atoms with Crippen molar-refractivity contribution in [2.24, 2.45) is 0 Å². The highest BCUT2D eigenvalue weighted by Crippen LogP contribution is 2.18. The molecule has 1 amide bonds. The highest BCUT2D eigenvalue weighted by Gasteiger charge is 2.08. The van der Waals surface area contributed by atoms with Crippen LogP contribution in [0.1, 0.15) is 27.7 Å². The van der Waals surface area contributed by atoms with Crippen LogP contribution in [0.25, 0.3) is 6.08 Å². The van der Waals surface area contributed by atoms with Gasteiger partial charge in [-0.3, -0.25) is 4.79 Å². The number of aryl methyl sites for hydroxylation is 1. The molecule has 1 heterocycles. The van der Waals surface area contributed by atoms with E-state index in [1.807, 2.05) is 24.3 Å². The first-order chi connectivity index (χ1) is 10.1. The summed E-state index contributed by atoms with van der Waals surface area (Å²) in [6, 6.07) is 9.37. The average Bonchev–Trinajstić information content (AvgIpc) is 2.94. The predicted octanol–water partition coefficient (Wildman–Crippen LogP) is 3.66. The van der Waals surface area contributed by atoms with Crippen LogP contribution in [0.2, 0.25) is 0 Å². The Morgan fingerprint density at radius 3 is 2.86 bits per heavy atom. The van der Waals surface area contributed by atoms with Crippen LogP contribution in [-0.4, -0.2) is 17.0 Å². The van der Waals surface area contributed by atoms with Crippen molar-refractivity contribution >= 4 is 35.0 Å². The number of nitrogens with one attached hydrogen (secondary N) is 1. The molecule has 5 heteroatoms. The summed E-state index contributed by atoms with van der Waals surface area (Å²) in [5, 5.41) is 13.1. The van der Waals surface area contributed by atoms with Crippen LogP contribution in [0.15, 0.2) is 41.8 Å². The summed E-state index contributed by atoms with van der Waals surface area (Å²) >= 11 is 1.33. The largest absolute Gasteiger partial charge is 0.478 e. The molecule has 0 atom stereocenters. The lowest BCUT2D eigenvalue weighted by Crippen LogP contribution is -2.10. The number of carbonyl (C=O) groups is 2. The SMILES string of the molecule is CCc1cccc(NC(=O)c2csc(C=CC(=O)O)c2)c1. The molecule has 0 saturated heterocycles. The van der Waals surface area contributed by atoms with E-state index in [1.54, 1.807) is 11.4 Å². The van der Waals surface area contributed by atoms with Crippen LogP contribution in [0.3, 0.4) is 0 Å². The van der Waals surface area contributed by atoms with Crippen molar-refractivity contribution in [2.75, 3.05) is 5.32 Å². The van der Waals surface area contributed by atoms with Crippen molar-refractivity contribution in [1.82, 2.24) is 0 Å². The Morgan fingerprint density at radius 2 is 2.14 bits per heavy atom. The maximum Gasteiger partial charge on any atom is 0.328 e. The minimum absolute atomic E-state index is 0.200. The Hall–Kier alpha value is -2.40. The van der Waals surface area contributed by atoms with E-state index in [2.05, 4.69) is 12.2 Å². The van der Waals surface area contributed by atoms with Crippen molar-refractivity contribution in [3.63, 3.8) is 0 Å². The third-order valence-corrected chi connectivity index (χ3v) is 3.76. The van der Waals surface area contributed by atoms with Gasteiger partial charge in [-0.2, -0.15) is 0 Å². The second-order valence-electron chi connectivity index (χ2n) is 4.42. The molecule has 1 aromatic carbocycles. The second kappa shape index (κ2) is 6.85. The second-order valence-corrected chi connectivity index (χ2v) is 5.36. The smallest absolute Gasteiger partial charge is 0.328 e. The highest BCUT2D eigenvalue weighted by molar-refractivity contribution is 7.11. The number of rotatable bonds is 5. The zero-order valence-corrected chi connectivity index (χ0v) is 12.3. The molecule has 4 nitrogen and oxygen atoms in total. The molecule has 0 spiro atoms. The minimum atomic E-state index is -1.01. The van der Waals surface area contributed by atoms with Crippen LogP contribution in [0.5, 0.6) is 0 Å². The van der Waals surface area contributed by atoms with E-state index in [4.69, 9.17) is 5.11 Å². The van der Waals surface area contributed by atoms with Gasteiger partial charge in [-0.1, -0.05) is 19.1 Å². The molecule has 0 aliphatic heterocycles. The lowest BCUT2D eigenvalue weighted by Gasteiger charge is -2.05. The van der Waals surface area contributed by atoms with Gasteiger partial charge in [-0.25, -0.2) is 4.79 Å². The first-order valence-electron chi connectivity index (χ1n) is 6.48. The number of benzene rings is 1. The summed E-state index contributed by atoms with van der Waals surface area (Å²) in [7, 11) is 0.